The second-order valence-corrected chi connectivity index (χ2v) is 1.31. The lowest BCUT2D eigenvalue weighted by Crippen LogP contribution is -1.92. The van der Waals surface area contributed by atoms with Crippen molar-refractivity contribution in [2.75, 3.05) is 0 Å². The summed E-state index contributed by atoms with van der Waals surface area (Å²) in [5.41, 5.74) is 0. The molecular formula is C4H4ClN3O2. The zero-order chi connectivity index (χ0) is 6.69. The minimum absolute atomic E-state index is 0. The molecule has 10 heavy (non-hydrogen) atoms. The van der Waals surface area contributed by atoms with Crippen molar-refractivity contribution in [2.24, 2.45) is 0 Å². The van der Waals surface area contributed by atoms with Crippen molar-refractivity contribution >= 4 is 18.4 Å². The van der Waals surface area contributed by atoms with Crippen LogP contribution in [-0.2, 0) is 0 Å². The first kappa shape index (κ1) is 8.77. The van der Waals surface area contributed by atoms with Gasteiger partial charge in [-0.25, -0.2) is 0 Å². The number of halogens is 1. The predicted molar refractivity (Wildman–Crippen MR) is 35.9 cm³/mol. The van der Waals surface area contributed by atoms with Gasteiger partial charge in [-0.15, -0.1) is 12.4 Å². The Kier molecular flexibility index (Phi) is 3.27. The molecule has 0 aromatic carbocycles. The van der Waals surface area contributed by atoms with Crippen LogP contribution in [0.15, 0.2) is 18.5 Å². The lowest BCUT2D eigenvalue weighted by atomic mass is 10.7. The molecule has 0 bridgehead atoms. The second-order valence-electron chi connectivity index (χ2n) is 1.31. The van der Waals surface area contributed by atoms with Gasteiger partial charge in [0.05, 0.1) is 0 Å². The van der Waals surface area contributed by atoms with E-state index < -0.39 is 4.92 Å². The number of nitrogens with zero attached hydrogens (tertiary/aromatic N) is 3. The molecule has 0 unspecified atom stereocenters. The fourth-order valence-corrected chi connectivity index (χ4v) is 0.386. The summed E-state index contributed by atoms with van der Waals surface area (Å²) in [5, 5.41) is 9.88. The average molecular weight is 162 g/mol. The highest BCUT2D eigenvalue weighted by Crippen LogP contribution is 1.95. The molecule has 1 aromatic heterocycles. The Bertz CT molecular complexity index is 215. The number of hydrogen-bond donors (Lipinski definition) is 0. The molecule has 5 nitrogen and oxygen atoms in total. The van der Waals surface area contributed by atoms with E-state index in [9.17, 15) is 10.1 Å². The third kappa shape index (κ3) is 1.94. The molecule has 0 aliphatic heterocycles. The summed E-state index contributed by atoms with van der Waals surface area (Å²) in [6.07, 6.45) is 2.65. The molecule has 0 saturated heterocycles. The van der Waals surface area contributed by atoms with Crippen LogP contribution < -0.4 is 0 Å². The molecule has 0 fully saturated rings. The Labute approximate surface area is 62.7 Å². The molecule has 0 aliphatic rings. The lowest BCUT2D eigenvalue weighted by molar-refractivity contribution is -0.394. The maximum absolute atomic E-state index is 9.88. The molecule has 0 radical (unpaired) electrons. The minimum atomic E-state index is -0.639. The number of nitro groups is 1. The van der Waals surface area contributed by atoms with Crippen LogP contribution in [-0.4, -0.2) is 14.9 Å². The van der Waals surface area contributed by atoms with E-state index in [0.29, 0.717) is 0 Å². The predicted octanol–water partition coefficient (Wildman–Crippen LogP) is 0.807. The molecule has 1 heterocycles. The van der Waals surface area contributed by atoms with Crippen molar-refractivity contribution in [1.29, 1.82) is 0 Å². The van der Waals surface area contributed by atoms with Crippen LogP contribution in [0.1, 0.15) is 0 Å². The molecule has 1 aromatic rings. The first-order valence-corrected chi connectivity index (χ1v) is 2.22. The van der Waals surface area contributed by atoms with Gasteiger partial charge in [0.15, 0.2) is 0 Å². The summed E-state index contributed by atoms with van der Waals surface area (Å²) in [4.78, 5) is 16.0. The molecule has 0 aliphatic carbocycles. The Morgan fingerprint density at radius 1 is 1.40 bits per heavy atom. The molecule has 1 rings (SSSR count). The molecule has 0 spiro atoms. The van der Waals surface area contributed by atoms with Crippen LogP contribution in [0.2, 0.25) is 0 Å². The van der Waals surface area contributed by atoms with Crippen LogP contribution >= 0.6 is 12.4 Å². The fraction of sp³-hybridized carbons (Fsp3) is 0. The largest absolute Gasteiger partial charge is 0.468 e. The number of aromatic nitrogens is 2. The topological polar surface area (TPSA) is 68.9 Å². The summed E-state index contributed by atoms with van der Waals surface area (Å²) in [6, 6.07) is 1.52. The summed E-state index contributed by atoms with van der Waals surface area (Å²) < 4.78 is 0. The van der Waals surface area contributed by atoms with E-state index in [-0.39, 0.29) is 18.4 Å². The third-order valence-corrected chi connectivity index (χ3v) is 0.715. The van der Waals surface area contributed by atoms with Crippen LogP contribution in [0.3, 0.4) is 0 Å². The van der Waals surface area contributed by atoms with Crippen LogP contribution in [0.5, 0.6) is 0 Å². The molecule has 54 valence electrons. The standard InChI is InChI=1S/C4H3N3O2.ClH/c8-7(9)4-5-2-1-3-6-4;/h1-3H;1H. The summed E-state index contributed by atoms with van der Waals surface area (Å²) >= 11 is 0. The highest BCUT2D eigenvalue weighted by atomic mass is 35.5. The maximum atomic E-state index is 9.88. The van der Waals surface area contributed by atoms with Gasteiger partial charge in [0.2, 0.25) is 0 Å². The summed E-state index contributed by atoms with van der Waals surface area (Å²) in [5.74, 6) is -0.363. The second kappa shape index (κ2) is 3.73. The van der Waals surface area contributed by atoms with E-state index in [0.717, 1.165) is 0 Å². The van der Waals surface area contributed by atoms with E-state index in [1.165, 1.54) is 18.5 Å². The van der Waals surface area contributed by atoms with Gasteiger partial charge >= 0.3 is 5.95 Å². The third-order valence-electron chi connectivity index (χ3n) is 0.715. The molecule has 0 amide bonds. The Hall–Kier alpha value is -1.23. The van der Waals surface area contributed by atoms with E-state index in [4.69, 9.17) is 0 Å². The molecular weight excluding hydrogens is 158 g/mol. The van der Waals surface area contributed by atoms with E-state index in [2.05, 4.69) is 9.97 Å². The van der Waals surface area contributed by atoms with Crippen molar-refractivity contribution in [3.8, 4) is 0 Å². The van der Waals surface area contributed by atoms with Crippen molar-refractivity contribution in [2.45, 2.75) is 0 Å². The summed E-state index contributed by atoms with van der Waals surface area (Å²) in [7, 11) is 0. The fourth-order valence-electron chi connectivity index (χ4n) is 0.386. The van der Waals surface area contributed by atoms with Crippen molar-refractivity contribution in [1.82, 2.24) is 9.97 Å². The SMILES string of the molecule is Cl.O=[N+]([O-])c1ncccn1. The monoisotopic (exact) mass is 161 g/mol. The molecule has 0 saturated carbocycles. The number of rotatable bonds is 1. The van der Waals surface area contributed by atoms with Gasteiger partial charge < -0.3 is 10.1 Å². The molecule has 0 atom stereocenters. The Morgan fingerprint density at radius 3 is 2.20 bits per heavy atom. The van der Waals surface area contributed by atoms with Gasteiger partial charge in [0.25, 0.3) is 0 Å². The normalized spacial score (nSPS) is 8.00. The average Bonchev–Trinajstić information content (AvgIpc) is 1.90. The van der Waals surface area contributed by atoms with Crippen molar-refractivity contribution in [3.63, 3.8) is 0 Å². The van der Waals surface area contributed by atoms with Crippen molar-refractivity contribution < 1.29 is 4.92 Å². The Morgan fingerprint density at radius 2 is 1.90 bits per heavy atom. The van der Waals surface area contributed by atoms with Gasteiger partial charge in [0.1, 0.15) is 12.4 Å². The zero-order valence-corrected chi connectivity index (χ0v) is 5.61. The highest BCUT2D eigenvalue weighted by molar-refractivity contribution is 5.85. The van der Waals surface area contributed by atoms with Crippen molar-refractivity contribution in [3.05, 3.63) is 28.6 Å². The van der Waals surface area contributed by atoms with Crippen LogP contribution in [0.4, 0.5) is 5.95 Å². The van der Waals surface area contributed by atoms with E-state index >= 15 is 0 Å². The molecule has 6 heteroatoms. The van der Waals surface area contributed by atoms with E-state index in [1.54, 1.807) is 0 Å². The van der Waals surface area contributed by atoms with Gasteiger partial charge in [0, 0.05) is 6.07 Å². The van der Waals surface area contributed by atoms with E-state index in [1.807, 2.05) is 0 Å². The quantitative estimate of drug-likeness (QED) is 0.451. The summed E-state index contributed by atoms with van der Waals surface area (Å²) in [6.45, 7) is 0. The van der Waals surface area contributed by atoms with Crippen LogP contribution in [0, 0.1) is 10.1 Å². The maximum Gasteiger partial charge on any atom is 0.468 e. The first-order valence-electron chi connectivity index (χ1n) is 2.22. The Balaban J connectivity index is 0.000000810. The van der Waals surface area contributed by atoms with Gasteiger partial charge in [-0.1, -0.05) is 9.97 Å². The highest BCUT2D eigenvalue weighted by Gasteiger charge is 2.02. The van der Waals surface area contributed by atoms with Gasteiger partial charge in [-0.05, 0) is 4.92 Å². The lowest BCUT2D eigenvalue weighted by Gasteiger charge is -1.86. The van der Waals surface area contributed by atoms with Gasteiger partial charge in [-0.3, -0.25) is 0 Å². The van der Waals surface area contributed by atoms with Crippen LogP contribution in [0.25, 0.3) is 0 Å². The molecule has 0 N–H and O–H groups in total. The minimum Gasteiger partial charge on any atom is -0.390 e. The van der Waals surface area contributed by atoms with Gasteiger partial charge in [-0.2, -0.15) is 0 Å². The zero-order valence-electron chi connectivity index (χ0n) is 4.80. The first-order chi connectivity index (χ1) is 4.30. The number of hydrogen-bond acceptors (Lipinski definition) is 4. The smallest absolute Gasteiger partial charge is 0.390 e.